The number of hydrogen-bond donors (Lipinski definition) is 1. The molecule has 0 saturated heterocycles. The zero-order valence-corrected chi connectivity index (χ0v) is 11.5. The Morgan fingerprint density at radius 2 is 2.00 bits per heavy atom. The van der Waals surface area contributed by atoms with Crippen LogP contribution in [0.2, 0.25) is 0 Å². The van der Waals surface area contributed by atoms with E-state index in [0.717, 1.165) is 24.9 Å². The third kappa shape index (κ3) is 2.42. The maximum absolute atomic E-state index is 9.48. The largest absolute Gasteiger partial charge is 0.309 e. The summed E-state index contributed by atoms with van der Waals surface area (Å²) in [6.45, 7) is 0.915. The maximum atomic E-state index is 9.48. The van der Waals surface area contributed by atoms with Crippen molar-refractivity contribution in [3.05, 3.63) is 58.3 Å². The fourth-order valence-electron chi connectivity index (χ4n) is 2.73. The summed E-state index contributed by atoms with van der Waals surface area (Å²) >= 11 is 1.77. The van der Waals surface area contributed by atoms with Gasteiger partial charge < -0.3 is 5.32 Å². The first-order valence-electron chi connectivity index (χ1n) is 6.55. The van der Waals surface area contributed by atoms with Gasteiger partial charge in [-0.25, -0.2) is 0 Å². The van der Waals surface area contributed by atoms with Crippen molar-refractivity contribution in [3.8, 4) is 6.07 Å². The molecule has 1 fully saturated rings. The average Bonchev–Trinajstić information content (AvgIpc) is 2.92. The van der Waals surface area contributed by atoms with Gasteiger partial charge >= 0.3 is 0 Å². The highest BCUT2D eigenvalue weighted by molar-refractivity contribution is 7.09. The van der Waals surface area contributed by atoms with E-state index < -0.39 is 0 Å². The minimum absolute atomic E-state index is 0.269. The Labute approximate surface area is 117 Å². The molecule has 19 heavy (non-hydrogen) atoms. The summed E-state index contributed by atoms with van der Waals surface area (Å²) < 4.78 is 0. The highest BCUT2D eigenvalue weighted by Crippen LogP contribution is 2.43. The van der Waals surface area contributed by atoms with Gasteiger partial charge in [-0.05, 0) is 29.9 Å². The summed E-state index contributed by atoms with van der Waals surface area (Å²) in [6.07, 6.45) is 1.83. The minimum atomic E-state index is -0.269. The number of nitrogens with zero attached hydrogens (tertiary/aromatic N) is 1. The molecule has 0 radical (unpaired) electrons. The molecular weight excluding hydrogens is 252 g/mol. The molecule has 0 unspecified atom stereocenters. The van der Waals surface area contributed by atoms with E-state index in [0.29, 0.717) is 6.04 Å². The molecule has 0 spiro atoms. The van der Waals surface area contributed by atoms with Crippen LogP contribution in [0.25, 0.3) is 0 Å². The van der Waals surface area contributed by atoms with Crippen molar-refractivity contribution in [2.24, 2.45) is 0 Å². The molecule has 1 heterocycles. The molecule has 0 atom stereocenters. The number of nitrogens with one attached hydrogen (secondary N) is 1. The first-order chi connectivity index (χ1) is 9.32. The molecule has 0 bridgehead atoms. The summed E-state index contributed by atoms with van der Waals surface area (Å²) in [6, 6.07) is 17.4. The first kappa shape index (κ1) is 12.4. The molecule has 0 aliphatic heterocycles. The Morgan fingerprint density at radius 3 is 2.63 bits per heavy atom. The maximum Gasteiger partial charge on any atom is 0.0852 e. The molecule has 1 saturated carbocycles. The third-order valence-corrected chi connectivity index (χ3v) is 4.75. The second kappa shape index (κ2) is 5.16. The molecule has 1 aromatic carbocycles. The molecule has 0 amide bonds. The third-order valence-electron chi connectivity index (χ3n) is 3.88. The van der Waals surface area contributed by atoms with Gasteiger partial charge in [0, 0.05) is 17.5 Å². The van der Waals surface area contributed by atoms with Gasteiger partial charge in [-0.3, -0.25) is 0 Å². The van der Waals surface area contributed by atoms with E-state index in [9.17, 15) is 5.26 Å². The lowest BCUT2D eigenvalue weighted by molar-refractivity contribution is 0.226. The van der Waals surface area contributed by atoms with E-state index in [1.807, 2.05) is 18.2 Å². The van der Waals surface area contributed by atoms with Gasteiger partial charge in [0.15, 0.2) is 0 Å². The Bertz CT molecular complexity index is 563. The van der Waals surface area contributed by atoms with E-state index in [1.165, 1.54) is 4.88 Å². The van der Waals surface area contributed by atoms with Crippen molar-refractivity contribution in [1.82, 2.24) is 5.32 Å². The van der Waals surface area contributed by atoms with E-state index in [-0.39, 0.29) is 5.41 Å². The van der Waals surface area contributed by atoms with Crippen molar-refractivity contribution >= 4 is 11.3 Å². The van der Waals surface area contributed by atoms with Gasteiger partial charge in [-0.15, -0.1) is 11.3 Å². The molecule has 1 N–H and O–H groups in total. The summed E-state index contributed by atoms with van der Waals surface area (Å²) in [5, 5.41) is 15.1. The van der Waals surface area contributed by atoms with Crippen LogP contribution in [-0.4, -0.2) is 6.04 Å². The predicted octanol–water partition coefficient (Wildman–Crippen LogP) is 3.46. The van der Waals surface area contributed by atoms with Gasteiger partial charge in [0.2, 0.25) is 0 Å². The van der Waals surface area contributed by atoms with Gasteiger partial charge in [-0.2, -0.15) is 5.26 Å². The standard InChI is InChI=1S/C16H16N2S/c17-12-16(13-5-2-1-3-6-13)9-14(10-16)18-11-15-7-4-8-19-15/h1-8,14,18H,9-11H2. The molecule has 1 aromatic heterocycles. The molecule has 2 nitrogen and oxygen atoms in total. The van der Waals surface area contributed by atoms with Crippen LogP contribution >= 0.6 is 11.3 Å². The lowest BCUT2D eigenvalue weighted by Crippen LogP contribution is -2.50. The lowest BCUT2D eigenvalue weighted by Gasteiger charge is -2.43. The van der Waals surface area contributed by atoms with Crippen LogP contribution in [0.3, 0.4) is 0 Å². The lowest BCUT2D eigenvalue weighted by atomic mass is 9.62. The van der Waals surface area contributed by atoms with Gasteiger partial charge in [0.1, 0.15) is 0 Å². The van der Waals surface area contributed by atoms with Gasteiger partial charge in [0.25, 0.3) is 0 Å². The van der Waals surface area contributed by atoms with Crippen LogP contribution in [0.4, 0.5) is 0 Å². The molecule has 1 aliphatic rings. The Kier molecular flexibility index (Phi) is 3.37. The molecule has 2 aromatic rings. The van der Waals surface area contributed by atoms with E-state index in [1.54, 1.807) is 11.3 Å². The molecule has 96 valence electrons. The fourth-order valence-corrected chi connectivity index (χ4v) is 3.39. The SMILES string of the molecule is N#CC1(c2ccccc2)CC(NCc2cccs2)C1. The number of benzene rings is 1. The smallest absolute Gasteiger partial charge is 0.0852 e. The van der Waals surface area contributed by atoms with Crippen LogP contribution in [0.5, 0.6) is 0 Å². The monoisotopic (exact) mass is 268 g/mol. The topological polar surface area (TPSA) is 35.8 Å². The van der Waals surface area contributed by atoms with Crippen LogP contribution in [0, 0.1) is 11.3 Å². The second-order valence-corrected chi connectivity index (χ2v) is 6.16. The van der Waals surface area contributed by atoms with Crippen molar-refractivity contribution < 1.29 is 0 Å². The van der Waals surface area contributed by atoms with Gasteiger partial charge in [-0.1, -0.05) is 36.4 Å². The molecule has 3 rings (SSSR count). The Morgan fingerprint density at radius 1 is 1.21 bits per heavy atom. The van der Waals surface area contributed by atoms with E-state index in [2.05, 4.69) is 41.0 Å². The predicted molar refractivity (Wildman–Crippen MR) is 77.9 cm³/mol. The molecule has 3 heteroatoms. The summed E-state index contributed by atoms with van der Waals surface area (Å²) in [4.78, 5) is 1.36. The van der Waals surface area contributed by atoms with Crippen LogP contribution in [0.1, 0.15) is 23.3 Å². The number of nitriles is 1. The van der Waals surface area contributed by atoms with Gasteiger partial charge in [0.05, 0.1) is 11.5 Å². The highest BCUT2D eigenvalue weighted by Gasteiger charge is 2.45. The van der Waals surface area contributed by atoms with E-state index >= 15 is 0 Å². The normalized spacial score (nSPS) is 25.5. The number of thiophene rings is 1. The van der Waals surface area contributed by atoms with Crippen molar-refractivity contribution in [2.75, 3.05) is 0 Å². The van der Waals surface area contributed by atoms with Crippen molar-refractivity contribution in [1.29, 1.82) is 5.26 Å². The first-order valence-corrected chi connectivity index (χ1v) is 7.43. The Balaban J connectivity index is 1.60. The summed E-state index contributed by atoms with van der Waals surface area (Å²) in [5.74, 6) is 0. The second-order valence-electron chi connectivity index (χ2n) is 5.13. The van der Waals surface area contributed by atoms with Crippen LogP contribution in [-0.2, 0) is 12.0 Å². The average molecular weight is 268 g/mol. The molecular formula is C16H16N2S. The van der Waals surface area contributed by atoms with Crippen molar-refractivity contribution in [3.63, 3.8) is 0 Å². The Hall–Kier alpha value is -1.63. The van der Waals surface area contributed by atoms with Crippen LogP contribution in [0.15, 0.2) is 47.8 Å². The minimum Gasteiger partial charge on any atom is -0.309 e. The summed E-state index contributed by atoms with van der Waals surface area (Å²) in [5.41, 5.74) is 0.889. The van der Waals surface area contributed by atoms with Crippen LogP contribution < -0.4 is 5.32 Å². The number of hydrogen-bond acceptors (Lipinski definition) is 3. The van der Waals surface area contributed by atoms with Crippen molar-refractivity contribution in [2.45, 2.75) is 30.8 Å². The fraction of sp³-hybridized carbons (Fsp3) is 0.312. The van der Waals surface area contributed by atoms with E-state index in [4.69, 9.17) is 0 Å². The zero-order valence-electron chi connectivity index (χ0n) is 10.7. The molecule has 1 aliphatic carbocycles. The quantitative estimate of drug-likeness (QED) is 0.921. The zero-order chi connectivity index (χ0) is 13.1. The number of rotatable bonds is 4. The summed E-state index contributed by atoms with van der Waals surface area (Å²) in [7, 11) is 0. The highest BCUT2D eigenvalue weighted by atomic mass is 32.1.